The summed E-state index contributed by atoms with van der Waals surface area (Å²) < 4.78 is 83.7. The van der Waals surface area contributed by atoms with E-state index in [1.807, 2.05) is 0 Å². The zero-order valence-electron chi connectivity index (χ0n) is 18.4. The monoisotopic (exact) mass is 550 g/mol. The van der Waals surface area contributed by atoms with Crippen LogP contribution in [0.2, 0.25) is 10.0 Å². The topological polar surface area (TPSA) is 65.0 Å². The number of carbonyl (C=O) groups excluding carboxylic acids is 1. The van der Waals surface area contributed by atoms with Crippen LogP contribution in [0, 0.1) is 17.5 Å². The van der Waals surface area contributed by atoms with Gasteiger partial charge in [-0.05, 0) is 42.3 Å². The fourth-order valence-electron chi connectivity index (χ4n) is 3.28. The van der Waals surface area contributed by atoms with E-state index in [2.05, 4.69) is 9.47 Å². The van der Waals surface area contributed by atoms with Crippen LogP contribution in [-0.2, 0) is 16.0 Å². The molecule has 0 amide bonds. The van der Waals surface area contributed by atoms with Crippen molar-refractivity contribution in [1.82, 2.24) is 0 Å². The van der Waals surface area contributed by atoms with E-state index in [1.54, 1.807) is 6.92 Å². The molecule has 0 bridgehead atoms. The standard InChI is InChI=1S/C24H17Cl2F5O5/c1-2-34-19(33)10-35-18-9-15(25)13(21(26)23(18)29)7-11-3-6-17(32)20(22(11)28)14-8-12(36-24(30)31)4-5-16(14)27/h3-6,8-9,24,32H,2,7,10H2,1H3. The molecule has 0 heterocycles. The third-order valence-corrected chi connectivity index (χ3v) is 5.60. The molecule has 0 radical (unpaired) electrons. The van der Waals surface area contributed by atoms with Gasteiger partial charge in [-0.1, -0.05) is 29.3 Å². The highest BCUT2D eigenvalue weighted by molar-refractivity contribution is 6.36. The first-order valence-electron chi connectivity index (χ1n) is 10.2. The lowest BCUT2D eigenvalue weighted by Gasteiger charge is -2.15. The predicted molar refractivity (Wildman–Crippen MR) is 121 cm³/mol. The Morgan fingerprint density at radius 2 is 1.78 bits per heavy atom. The van der Waals surface area contributed by atoms with Gasteiger partial charge in [-0.2, -0.15) is 8.78 Å². The molecule has 0 aliphatic carbocycles. The quantitative estimate of drug-likeness (QED) is 0.178. The van der Waals surface area contributed by atoms with E-state index < -0.39 is 76.5 Å². The third kappa shape index (κ3) is 6.11. The molecule has 0 aliphatic heterocycles. The zero-order valence-corrected chi connectivity index (χ0v) is 19.9. The van der Waals surface area contributed by atoms with Crippen LogP contribution in [0.4, 0.5) is 22.0 Å². The van der Waals surface area contributed by atoms with Crippen molar-refractivity contribution in [3.8, 4) is 28.4 Å². The largest absolute Gasteiger partial charge is 0.507 e. The van der Waals surface area contributed by atoms with E-state index in [1.165, 1.54) is 0 Å². The highest BCUT2D eigenvalue weighted by Crippen LogP contribution is 2.40. The second kappa shape index (κ2) is 11.7. The Morgan fingerprint density at radius 1 is 1.06 bits per heavy atom. The van der Waals surface area contributed by atoms with Gasteiger partial charge in [0.1, 0.15) is 23.1 Å². The van der Waals surface area contributed by atoms with E-state index in [4.69, 9.17) is 27.9 Å². The van der Waals surface area contributed by atoms with Crippen LogP contribution in [0.5, 0.6) is 17.2 Å². The molecule has 192 valence electrons. The molecular formula is C24H17Cl2F5O5. The summed E-state index contributed by atoms with van der Waals surface area (Å²) in [5.74, 6) is -5.55. The minimum atomic E-state index is -3.21. The molecule has 3 aromatic carbocycles. The van der Waals surface area contributed by atoms with E-state index >= 15 is 4.39 Å². The first-order valence-corrected chi connectivity index (χ1v) is 11.0. The average Bonchev–Trinajstić information content (AvgIpc) is 2.81. The van der Waals surface area contributed by atoms with Crippen LogP contribution in [0.1, 0.15) is 18.1 Å². The summed E-state index contributed by atoms with van der Waals surface area (Å²) in [6.07, 6.45) is -0.402. The molecule has 0 saturated heterocycles. The van der Waals surface area contributed by atoms with Gasteiger partial charge in [0.15, 0.2) is 18.2 Å². The van der Waals surface area contributed by atoms with Crippen LogP contribution in [0.25, 0.3) is 11.1 Å². The van der Waals surface area contributed by atoms with E-state index in [-0.39, 0.29) is 22.8 Å². The van der Waals surface area contributed by atoms with E-state index in [9.17, 15) is 27.5 Å². The molecule has 36 heavy (non-hydrogen) atoms. The number of carbonyl (C=O) groups is 1. The van der Waals surface area contributed by atoms with Gasteiger partial charge < -0.3 is 19.3 Å². The van der Waals surface area contributed by atoms with Crippen molar-refractivity contribution in [1.29, 1.82) is 0 Å². The number of alkyl halides is 2. The number of hydrogen-bond donors (Lipinski definition) is 1. The van der Waals surface area contributed by atoms with Crippen LogP contribution in [-0.4, -0.2) is 30.9 Å². The number of rotatable bonds is 9. The lowest BCUT2D eigenvalue weighted by Crippen LogP contribution is -2.15. The average molecular weight is 551 g/mol. The smallest absolute Gasteiger partial charge is 0.387 e. The molecular weight excluding hydrogens is 534 g/mol. The van der Waals surface area contributed by atoms with Crippen molar-refractivity contribution >= 4 is 29.2 Å². The molecule has 12 heteroatoms. The fraction of sp³-hybridized carbons (Fsp3) is 0.208. The van der Waals surface area contributed by atoms with Gasteiger partial charge in [-0.15, -0.1) is 0 Å². The first kappa shape index (κ1) is 27.3. The lowest BCUT2D eigenvalue weighted by atomic mass is 9.96. The molecule has 3 aromatic rings. The van der Waals surface area contributed by atoms with Crippen molar-refractivity contribution in [2.75, 3.05) is 13.2 Å². The summed E-state index contributed by atoms with van der Waals surface area (Å²) in [4.78, 5) is 11.4. The molecule has 0 aromatic heterocycles. The molecule has 5 nitrogen and oxygen atoms in total. The maximum atomic E-state index is 15.4. The summed E-state index contributed by atoms with van der Waals surface area (Å²) in [5.41, 5.74) is -1.42. The summed E-state index contributed by atoms with van der Waals surface area (Å²) in [7, 11) is 0. The number of phenolic OH excluding ortho intramolecular Hbond substituents is 1. The van der Waals surface area contributed by atoms with Gasteiger partial charge in [0.05, 0.1) is 17.2 Å². The van der Waals surface area contributed by atoms with Gasteiger partial charge in [0, 0.05) is 23.1 Å². The normalized spacial score (nSPS) is 11.0. The maximum Gasteiger partial charge on any atom is 0.387 e. The van der Waals surface area contributed by atoms with Crippen LogP contribution in [0.3, 0.4) is 0 Å². The molecule has 0 unspecified atom stereocenters. The van der Waals surface area contributed by atoms with Crippen molar-refractivity contribution in [3.05, 3.63) is 75.0 Å². The van der Waals surface area contributed by atoms with Gasteiger partial charge in [-0.25, -0.2) is 18.0 Å². The minimum absolute atomic E-state index is 0.0647. The SMILES string of the molecule is CCOC(=O)COc1cc(Cl)c(Cc2ccc(O)c(-c3cc(OC(F)F)ccc3F)c2F)c(Cl)c1F. The second-order valence-electron chi connectivity index (χ2n) is 7.19. The second-order valence-corrected chi connectivity index (χ2v) is 7.97. The minimum Gasteiger partial charge on any atom is -0.507 e. The highest BCUT2D eigenvalue weighted by Gasteiger charge is 2.23. The number of halogens is 7. The van der Waals surface area contributed by atoms with E-state index in [0.717, 1.165) is 36.4 Å². The van der Waals surface area contributed by atoms with Crippen molar-refractivity contribution < 1.29 is 46.1 Å². The predicted octanol–water partition coefficient (Wildman–Crippen LogP) is 6.92. The molecule has 0 aliphatic rings. The van der Waals surface area contributed by atoms with Crippen LogP contribution >= 0.6 is 23.2 Å². The molecule has 1 N–H and O–H groups in total. The Labute approximate surface area is 211 Å². The number of phenols is 1. The van der Waals surface area contributed by atoms with Crippen molar-refractivity contribution in [2.24, 2.45) is 0 Å². The third-order valence-electron chi connectivity index (χ3n) is 4.87. The van der Waals surface area contributed by atoms with Gasteiger partial charge in [0.2, 0.25) is 0 Å². The summed E-state index contributed by atoms with van der Waals surface area (Å²) in [5, 5.41) is 9.55. The van der Waals surface area contributed by atoms with Crippen molar-refractivity contribution in [3.63, 3.8) is 0 Å². The van der Waals surface area contributed by atoms with Crippen LogP contribution < -0.4 is 9.47 Å². The Balaban J connectivity index is 1.98. The lowest BCUT2D eigenvalue weighted by molar-refractivity contribution is -0.145. The summed E-state index contributed by atoms with van der Waals surface area (Å²) >= 11 is 12.3. The molecule has 0 fully saturated rings. The summed E-state index contributed by atoms with van der Waals surface area (Å²) in [6, 6.07) is 5.72. The highest BCUT2D eigenvalue weighted by atomic mass is 35.5. The van der Waals surface area contributed by atoms with Gasteiger partial charge in [0.25, 0.3) is 0 Å². The molecule has 0 spiro atoms. The number of aromatic hydroxyl groups is 1. The van der Waals surface area contributed by atoms with Gasteiger partial charge >= 0.3 is 12.6 Å². The van der Waals surface area contributed by atoms with Gasteiger partial charge in [-0.3, -0.25) is 0 Å². The molecule has 3 rings (SSSR count). The Morgan fingerprint density at radius 3 is 2.44 bits per heavy atom. The Bertz CT molecular complexity index is 1290. The number of hydrogen-bond acceptors (Lipinski definition) is 5. The molecule has 0 saturated carbocycles. The number of ether oxygens (including phenoxy) is 3. The number of esters is 1. The first-order chi connectivity index (χ1) is 17.0. The summed E-state index contributed by atoms with van der Waals surface area (Å²) in [6.45, 7) is -2.14. The Kier molecular flexibility index (Phi) is 8.86. The van der Waals surface area contributed by atoms with Crippen LogP contribution in [0.15, 0.2) is 36.4 Å². The Hall–Kier alpha value is -3.24. The molecule has 0 atom stereocenters. The van der Waals surface area contributed by atoms with E-state index in [0.29, 0.717) is 0 Å². The maximum absolute atomic E-state index is 15.4. The fourth-order valence-corrected chi connectivity index (χ4v) is 3.85. The van der Waals surface area contributed by atoms with Crippen molar-refractivity contribution in [2.45, 2.75) is 20.0 Å². The zero-order chi connectivity index (χ0) is 26.6. The number of benzene rings is 3.